The van der Waals surface area contributed by atoms with Crippen molar-refractivity contribution in [3.63, 3.8) is 0 Å². The van der Waals surface area contributed by atoms with Crippen molar-refractivity contribution in [2.75, 3.05) is 6.54 Å². The van der Waals surface area contributed by atoms with Gasteiger partial charge in [-0.25, -0.2) is 9.18 Å². The van der Waals surface area contributed by atoms with Gasteiger partial charge in [0.25, 0.3) is 0 Å². The second-order valence-corrected chi connectivity index (χ2v) is 7.40. The molecule has 0 saturated carbocycles. The molecule has 0 aliphatic carbocycles. The third kappa shape index (κ3) is 3.16. The summed E-state index contributed by atoms with van der Waals surface area (Å²) >= 11 is 0. The molecule has 0 radical (unpaired) electrons. The van der Waals surface area contributed by atoms with Crippen molar-refractivity contribution in [3.05, 3.63) is 69.9 Å². The maximum atomic E-state index is 13.2. The number of nitrogens with zero attached hydrogens (tertiary/aromatic N) is 3. The molecule has 1 unspecified atom stereocenters. The van der Waals surface area contributed by atoms with Crippen LogP contribution in [0.4, 0.5) is 4.39 Å². The predicted molar refractivity (Wildman–Crippen MR) is 106 cm³/mol. The number of fused-ring (bicyclic) bond motifs is 1. The topological polar surface area (TPSA) is 51.3 Å². The molecular weight excluding hydrogens is 343 g/mol. The molecule has 1 aliphatic heterocycles. The van der Waals surface area contributed by atoms with E-state index in [-0.39, 0.29) is 17.5 Å². The van der Waals surface area contributed by atoms with Crippen molar-refractivity contribution in [2.24, 2.45) is 4.99 Å². The Balaban J connectivity index is 1.86. The monoisotopic (exact) mass is 366 g/mol. The normalized spacial score (nSPS) is 16.8. The molecule has 1 aromatic heterocycles. The second kappa shape index (κ2) is 6.68. The van der Waals surface area contributed by atoms with E-state index >= 15 is 0 Å². The number of amidine groups is 1. The summed E-state index contributed by atoms with van der Waals surface area (Å²) in [4.78, 5) is 17.6. The molecule has 0 saturated heterocycles. The molecule has 0 amide bonds. The molecule has 2 heterocycles. The van der Waals surface area contributed by atoms with Crippen LogP contribution in [0.1, 0.15) is 37.9 Å². The summed E-state index contributed by atoms with van der Waals surface area (Å²) in [5, 5.41) is 3.37. The molecule has 27 heavy (non-hydrogen) atoms. The second-order valence-electron chi connectivity index (χ2n) is 7.40. The minimum absolute atomic E-state index is 0.0438. The summed E-state index contributed by atoms with van der Waals surface area (Å²) < 4.78 is 16.8. The van der Waals surface area contributed by atoms with Crippen molar-refractivity contribution in [1.82, 2.24) is 14.5 Å². The van der Waals surface area contributed by atoms with E-state index in [1.54, 1.807) is 21.3 Å². The number of nitrogens with one attached hydrogen (secondary N) is 1. The zero-order valence-corrected chi connectivity index (χ0v) is 15.7. The quantitative estimate of drug-likeness (QED) is 0.770. The fourth-order valence-electron chi connectivity index (χ4n) is 3.58. The van der Waals surface area contributed by atoms with E-state index in [0.717, 1.165) is 34.5 Å². The van der Waals surface area contributed by atoms with Crippen molar-refractivity contribution < 1.29 is 4.39 Å². The Bertz CT molecular complexity index is 1080. The molecular formula is C21H23FN4O. The minimum atomic E-state index is -0.280. The predicted octanol–water partition coefficient (Wildman–Crippen LogP) is 3.31. The highest BCUT2D eigenvalue weighted by Gasteiger charge is 2.19. The van der Waals surface area contributed by atoms with Gasteiger partial charge in [0.05, 0.1) is 24.1 Å². The zero-order chi connectivity index (χ0) is 19.1. The maximum Gasteiger partial charge on any atom is 0.329 e. The van der Waals surface area contributed by atoms with E-state index in [9.17, 15) is 9.18 Å². The van der Waals surface area contributed by atoms with E-state index in [1.807, 2.05) is 32.0 Å². The molecule has 0 bridgehead atoms. The number of aliphatic imine (C=N–C) groups is 1. The first-order valence-electron chi connectivity index (χ1n) is 9.24. The van der Waals surface area contributed by atoms with Crippen LogP contribution in [0.2, 0.25) is 0 Å². The Morgan fingerprint density at radius 3 is 2.56 bits per heavy atom. The van der Waals surface area contributed by atoms with Gasteiger partial charge in [0, 0.05) is 17.6 Å². The minimum Gasteiger partial charge on any atom is -0.366 e. The van der Waals surface area contributed by atoms with Gasteiger partial charge < -0.3 is 5.32 Å². The van der Waals surface area contributed by atoms with E-state index in [4.69, 9.17) is 0 Å². The lowest BCUT2D eigenvalue weighted by atomic mass is 10.1. The van der Waals surface area contributed by atoms with Gasteiger partial charge in [0.1, 0.15) is 11.7 Å². The van der Waals surface area contributed by atoms with Gasteiger partial charge in [0.2, 0.25) is 0 Å². The Kier molecular flexibility index (Phi) is 4.34. The van der Waals surface area contributed by atoms with E-state index in [0.29, 0.717) is 12.6 Å². The number of hydrogen-bond acceptors (Lipinski definition) is 3. The highest BCUT2D eigenvalue weighted by molar-refractivity contribution is 6.02. The van der Waals surface area contributed by atoms with Gasteiger partial charge in [-0.15, -0.1) is 0 Å². The van der Waals surface area contributed by atoms with Gasteiger partial charge in [-0.2, -0.15) is 0 Å². The first-order valence-corrected chi connectivity index (χ1v) is 9.24. The summed E-state index contributed by atoms with van der Waals surface area (Å²) in [6, 6.07) is 12.6. The van der Waals surface area contributed by atoms with E-state index in [1.165, 1.54) is 12.1 Å². The maximum absolute atomic E-state index is 13.2. The van der Waals surface area contributed by atoms with Crippen LogP contribution in [0.3, 0.4) is 0 Å². The van der Waals surface area contributed by atoms with E-state index < -0.39 is 0 Å². The van der Waals surface area contributed by atoms with Gasteiger partial charge in [0.15, 0.2) is 0 Å². The average Bonchev–Trinajstić information content (AvgIpc) is 3.18. The average molecular weight is 366 g/mol. The summed E-state index contributed by atoms with van der Waals surface area (Å²) in [6.45, 7) is 7.25. The lowest BCUT2D eigenvalue weighted by Gasteiger charge is -2.08. The van der Waals surface area contributed by atoms with Crippen molar-refractivity contribution in [2.45, 2.75) is 39.4 Å². The first-order chi connectivity index (χ1) is 12.9. The van der Waals surface area contributed by atoms with E-state index in [2.05, 4.69) is 17.2 Å². The number of imidazole rings is 1. The van der Waals surface area contributed by atoms with Gasteiger partial charge in [-0.3, -0.25) is 14.1 Å². The Hall–Kier alpha value is -2.89. The Labute approximate surface area is 157 Å². The van der Waals surface area contributed by atoms with Crippen LogP contribution in [-0.4, -0.2) is 27.6 Å². The smallest absolute Gasteiger partial charge is 0.329 e. The molecule has 140 valence electrons. The molecule has 2 aromatic carbocycles. The number of hydrogen-bond donors (Lipinski definition) is 1. The van der Waals surface area contributed by atoms with Crippen LogP contribution in [-0.2, 0) is 6.54 Å². The van der Waals surface area contributed by atoms with Gasteiger partial charge >= 0.3 is 5.69 Å². The van der Waals surface area contributed by atoms with Crippen molar-refractivity contribution >= 4 is 16.9 Å². The third-order valence-electron chi connectivity index (χ3n) is 4.91. The number of benzene rings is 2. The van der Waals surface area contributed by atoms with Crippen molar-refractivity contribution in [3.8, 4) is 0 Å². The SMILES string of the molecule is CC1CN=C(c2ccc3c(c2)n(Cc2ccc(F)cc2)c(=O)n3C(C)C)N1. The van der Waals surface area contributed by atoms with Crippen LogP contribution in [0.15, 0.2) is 52.3 Å². The summed E-state index contributed by atoms with van der Waals surface area (Å²) in [5.74, 6) is 0.583. The molecule has 5 nitrogen and oxygen atoms in total. The van der Waals surface area contributed by atoms with Gasteiger partial charge in [-0.05, 0) is 56.7 Å². The van der Waals surface area contributed by atoms with Crippen LogP contribution in [0, 0.1) is 5.82 Å². The summed E-state index contributed by atoms with van der Waals surface area (Å²) in [5.41, 5.74) is 3.56. The van der Waals surface area contributed by atoms with Crippen molar-refractivity contribution in [1.29, 1.82) is 0 Å². The highest BCUT2D eigenvalue weighted by atomic mass is 19.1. The van der Waals surface area contributed by atoms with Gasteiger partial charge in [-0.1, -0.05) is 12.1 Å². The molecule has 0 spiro atoms. The third-order valence-corrected chi connectivity index (χ3v) is 4.91. The number of aromatic nitrogens is 2. The first kappa shape index (κ1) is 17.5. The molecule has 3 aromatic rings. The Morgan fingerprint density at radius 1 is 1.19 bits per heavy atom. The molecule has 6 heteroatoms. The number of rotatable bonds is 4. The van der Waals surface area contributed by atoms with Crippen LogP contribution in [0.25, 0.3) is 11.0 Å². The molecule has 1 N–H and O–H groups in total. The fraction of sp³-hybridized carbons (Fsp3) is 0.333. The highest BCUT2D eigenvalue weighted by Crippen LogP contribution is 2.21. The standard InChI is InChI=1S/C21H23FN4O/c1-13(2)26-18-9-6-16(20-23-11-14(3)24-20)10-19(18)25(21(26)27)12-15-4-7-17(22)8-5-15/h4-10,13-14H,11-12H2,1-3H3,(H,23,24). The van der Waals surface area contributed by atoms with Crippen LogP contribution >= 0.6 is 0 Å². The zero-order valence-electron chi connectivity index (χ0n) is 15.7. The van der Waals surface area contributed by atoms with Crippen LogP contribution in [0.5, 0.6) is 0 Å². The largest absolute Gasteiger partial charge is 0.366 e. The molecule has 1 atom stereocenters. The fourth-order valence-corrected chi connectivity index (χ4v) is 3.58. The van der Waals surface area contributed by atoms with Crippen LogP contribution < -0.4 is 11.0 Å². The lowest BCUT2D eigenvalue weighted by molar-refractivity contribution is 0.575. The summed E-state index contributed by atoms with van der Waals surface area (Å²) in [6.07, 6.45) is 0. The lowest BCUT2D eigenvalue weighted by Crippen LogP contribution is -2.27. The number of halogens is 1. The molecule has 0 fully saturated rings. The Morgan fingerprint density at radius 2 is 1.93 bits per heavy atom. The summed E-state index contributed by atoms with van der Waals surface area (Å²) in [7, 11) is 0. The molecule has 4 rings (SSSR count). The molecule has 1 aliphatic rings.